The number of rotatable bonds is 5. The molecule has 3 aromatic rings. The summed E-state index contributed by atoms with van der Waals surface area (Å²) in [6.07, 6.45) is 0.897. The first-order chi connectivity index (χ1) is 14.3. The average Bonchev–Trinajstić information content (AvgIpc) is 3.21. The number of fused-ring (bicyclic) bond motifs is 1. The van der Waals surface area contributed by atoms with E-state index in [1.165, 1.54) is 48.1 Å². The van der Waals surface area contributed by atoms with Crippen LogP contribution in [0.1, 0.15) is 25.0 Å². The van der Waals surface area contributed by atoms with E-state index < -0.39 is 35.7 Å². The smallest absolute Gasteiger partial charge is 0.319 e. The van der Waals surface area contributed by atoms with Gasteiger partial charge in [-0.2, -0.15) is 0 Å². The molecule has 1 aromatic heterocycles. The number of halogens is 1. The molecule has 0 saturated carbocycles. The number of benzene rings is 2. The number of imide groups is 1. The Bertz CT molecular complexity index is 1160. The molecule has 154 valence electrons. The third kappa shape index (κ3) is 3.52. The zero-order valence-electron chi connectivity index (χ0n) is 16.4. The summed E-state index contributed by atoms with van der Waals surface area (Å²) in [5, 5.41) is 5.65. The molecular formula is C21H19FN4O3S. The van der Waals surface area contributed by atoms with Gasteiger partial charge in [-0.3, -0.25) is 14.5 Å². The summed E-state index contributed by atoms with van der Waals surface area (Å²) in [7, 11) is 0. The molecule has 0 spiro atoms. The lowest BCUT2D eigenvalue weighted by molar-refractivity contribution is -0.133. The van der Waals surface area contributed by atoms with Gasteiger partial charge in [0, 0.05) is 0 Å². The monoisotopic (exact) mass is 426 g/mol. The highest BCUT2D eigenvalue weighted by Gasteiger charge is 2.49. The Morgan fingerprint density at radius 2 is 1.97 bits per heavy atom. The second-order valence-electron chi connectivity index (χ2n) is 7.18. The molecule has 0 aliphatic carbocycles. The van der Waals surface area contributed by atoms with Crippen LogP contribution in [0.4, 0.5) is 14.3 Å². The van der Waals surface area contributed by atoms with Gasteiger partial charge < -0.3 is 10.6 Å². The number of aromatic nitrogens is 1. The lowest BCUT2D eigenvalue weighted by Crippen LogP contribution is -2.42. The van der Waals surface area contributed by atoms with Crippen LogP contribution in [0, 0.1) is 5.82 Å². The van der Waals surface area contributed by atoms with Gasteiger partial charge >= 0.3 is 6.03 Å². The van der Waals surface area contributed by atoms with Crippen molar-refractivity contribution in [3.8, 4) is 0 Å². The summed E-state index contributed by atoms with van der Waals surface area (Å²) < 4.78 is 14.2. The highest BCUT2D eigenvalue weighted by molar-refractivity contribution is 7.22. The molecule has 9 heteroatoms. The summed E-state index contributed by atoms with van der Waals surface area (Å²) >= 11 is 1.33. The van der Waals surface area contributed by atoms with Gasteiger partial charge in [0.1, 0.15) is 17.9 Å². The maximum Gasteiger partial charge on any atom is 0.325 e. The molecule has 1 unspecified atom stereocenters. The van der Waals surface area contributed by atoms with Crippen LogP contribution in [0.2, 0.25) is 0 Å². The average molecular weight is 426 g/mol. The van der Waals surface area contributed by atoms with Crippen LogP contribution in [0.25, 0.3) is 10.2 Å². The summed E-state index contributed by atoms with van der Waals surface area (Å²) in [6.45, 7) is 3.14. The molecule has 1 aliphatic heterocycles. The van der Waals surface area contributed by atoms with Crippen LogP contribution in [0.15, 0.2) is 42.5 Å². The van der Waals surface area contributed by atoms with Gasteiger partial charge in [0.25, 0.3) is 5.91 Å². The minimum atomic E-state index is -1.36. The number of nitrogens with one attached hydrogen (secondary N) is 2. The van der Waals surface area contributed by atoms with Crippen LogP contribution in [0.3, 0.4) is 0 Å². The second-order valence-corrected chi connectivity index (χ2v) is 8.21. The van der Waals surface area contributed by atoms with Gasteiger partial charge in [-0.05, 0) is 48.7 Å². The maximum absolute atomic E-state index is 13.2. The Balaban J connectivity index is 1.48. The van der Waals surface area contributed by atoms with Crippen molar-refractivity contribution in [3.05, 3.63) is 59.4 Å². The number of aryl methyl sites for hydroxylation is 1. The number of anilines is 1. The molecular weight excluding hydrogens is 407 g/mol. The standard InChI is InChI=1S/C21H19FN4O3S/c1-3-12-4-9-15-16(10-12)30-19(23-15)24-17(27)11-26-18(28)21(2,25-20(26)29)13-5-7-14(22)8-6-13/h4-10H,3,11H2,1-2H3,(H,25,29)(H,23,24,27). The Hall–Kier alpha value is -3.33. The van der Waals surface area contributed by atoms with E-state index in [2.05, 4.69) is 22.5 Å². The Kier molecular flexibility index (Phi) is 4.98. The van der Waals surface area contributed by atoms with Crippen molar-refractivity contribution >= 4 is 44.5 Å². The number of carbonyl (C=O) groups excluding carboxylic acids is 3. The minimum Gasteiger partial charge on any atom is -0.319 e. The number of carbonyl (C=O) groups is 3. The second kappa shape index (κ2) is 7.49. The van der Waals surface area contributed by atoms with Gasteiger partial charge in [-0.1, -0.05) is 36.5 Å². The fourth-order valence-corrected chi connectivity index (χ4v) is 4.31. The number of hydrogen-bond donors (Lipinski definition) is 2. The van der Waals surface area contributed by atoms with Crippen molar-refractivity contribution in [3.63, 3.8) is 0 Å². The molecule has 7 nitrogen and oxygen atoms in total. The Morgan fingerprint density at radius 3 is 2.67 bits per heavy atom. The summed E-state index contributed by atoms with van der Waals surface area (Å²) in [5.74, 6) is -1.56. The Morgan fingerprint density at radius 1 is 1.23 bits per heavy atom. The van der Waals surface area contributed by atoms with Gasteiger partial charge in [0.15, 0.2) is 5.13 Å². The van der Waals surface area contributed by atoms with E-state index in [9.17, 15) is 18.8 Å². The number of amides is 4. The zero-order valence-corrected chi connectivity index (χ0v) is 17.2. The fraction of sp³-hybridized carbons (Fsp3) is 0.238. The Labute approximate surface area is 175 Å². The molecule has 4 amide bonds. The largest absolute Gasteiger partial charge is 0.325 e. The van der Waals surface area contributed by atoms with E-state index >= 15 is 0 Å². The molecule has 0 bridgehead atoms. The van der Waals surface area contributed by atoms with Gasteiger partial charge in [0.2, 0.25) is 5.91 Å². The third-order valence-corrected chi connectivity index (χ3v) is 6.04. The number of urea groups is 1. The van der Waals surface area contributed by atoms with E-state index in [0.717, 1.165) is 21.5 Å². The summed E-state index contributed by atoms with van der Waals surface area (Å²) in [6, 6.07) is 10.5. The molecule has 2 aromatic carbocycles. The molecule has 0 radical (unpaired) electrons. The van der Waals surface area contributed by atoms with Crippen molar-refractivity contribution < 1.29 is 18.8 Å². The highest BCUT2D eigenvalue weighted by atomic mass is 32.1. The normalized spacial score (nSPS) is 18.7. The van der Waals surface area contributed by atoms with Crippen molar-refractivity contribution in [1.82, 2.24) is 15.2 Å². The van der Waals surface area contributed by atoms with Crippen LogP contribution >= 0.6 is 11.3 Å². The van der Waals surface area contributed by atoms with E-state index in [0.29, 0.717) is 10.7 Å². The van der Waals surface area contributed by atoms with Crippen molar-refractivity contribution in [2.24, 2.45) is 0 Å². The topological polar surface area (TPSA) is 91.4 Å². The predicted octanol–water partition coefficient (Wildman–Crippen LogP) is 3.40. The lowest BCUT2D eigenvalue weighted by Gasteiger charge is -2.22. The zero-order chi connectivity index (χ0) is 21.5. The minimum absolute atomic E-state index is 0.400. The number of thiazole rings is 1. The van der Waals surface area contributed by atoms with Gasteiger partial charge in [0.05, 0.1) is 10.2 Å². The highest BCUT2D eigenvalue weighted by Crippen LogP contribution is 2.30. The summed E-state index contributed by atoms with van der Waals surface area (Å²) in [5.41, 5.74) is 1.01. The van der Waals surface area contributed by atoms with E-state index in [-0.39, 0.29) is 0 Å². The van der Waals surface area contributed by atoms with Crippen LogP contribution in [-0.4, -0.2) is 34.3 Å². The SMILES string of the molecule is CCc1ccc2nc(NC(=O)CN3C(=O)NC(C)(c4ccc(F)cc4)C3=O)sc2c1. The van der Waals surface area contributed by atoms with Crippen molar-refractivity contribution in [2.45, 2.75) is 25.8 Å². The maximum atomic E-state index is 13.2. The molecule has 2 N–H and O–H groups in total. The molecule has 2 heterocycles. The first-order valence-electron chi connectivity index (χ1n) is 9.39. The van der Waals surface area contributed by atoms with Crippen LogP contribution in [0.5, 0.6) is 0 Å². The van der Waals surface area contributed by atoms with Gasteiger partial charge in [-0.15, -0.1) is 0 Å². The number of nitrogens with zero attached hydrogens (tertiary/aromatic N) is 2. The van der Waals surface area contributed by atoms with Crippen molar-refractivity contribution in [1.29, 1.82) is 0 Å². The van der Waals surface area contributed by atoms with E-state index in [1.54, 1.807) is 0 Å². The quantitative estimate of drug-likeness (QED) is 0.612. The van der Waals surface area contributed by atoms with E-state index in [4.69, 9.17) is 0 Å². The molecule has 30 heavy (non-hydrogen) atoms. The molecule has 4 rings (SSSR count). The number of hydrogen-bond acceptors (Lipinski definition) is 5. The van der Waals surface area contributed by atoms with E-state index in [1.807, 2.05) is 18.2 Å². The third-order valence-electron chi connectivity index (χ3n) is 5.11. The molecule has 1 saturated heterocycles. The molecule has 1 fully saturated rings. The molecule has 1 atom stereocenters. The predicted molar refractivity (Wildman–Crippen MR) is 112 cm³/mol. The first kappa shape index (κ1) is 20.0. The first-order valence-corrected chi connectivity index (χ1v) is 10.2. The lowest BCUT2D eigenvalue weighted by atomic mass is 9.92. The molecule has 1 aliphatic rings. The van der Waals surface area contributed by atoms with Gasteiger partial charge in [-0.25, -0.2) is 14.2 Å². The fourth-order valence-electron chi connectivity index (χ4n) is 3.36. The van der Waals surface area contributed by atoms with Crippen LogP contribution < -0.4 is 10.6 Å². The van der Waals surface area contributed by atoms with Crippen molar-refractivity contribution in [2.75, 3.05) is 11.9 Å². The van der Waals surface area contributed by atoms with Crippen LogP contribution in [-0.2, 0) is 21.5 Å². The summed E-state index contributed by atoms with van der Waals surface area (Å²) in [4.78, 5) is 42.9.